The quantitative estimate of drug-likeness (QED) is 0.916. The van der Waals surface area contributed by atoms with Gasteiger partial charge in [0.1, 0.15) is 11.6 Å². The smallest absolute Gasteiger partial charge is 0.337 e. The molecule has 0 atom stereocenters. The van der Waals surface area contributed by atoms with Crippen molar-refractivity contribution in [1.82, 2.24) is 15.0 Å². The van der Waals surface area contributed by atoms with E-state index in [1.165, 1.54) is 17.7 Å². The first kappa shape index (κ1) is 13.5. The number of halogens is 1. The molecule has 0 radical (unpaired) electrons. The maximum atomic E-state index is 12.9. The number of aromatic amines is 1. The highest BCUT2D eigenvalue weighted by Gasteiger charge is 2.16. The van der Waals surface area contributed by atoms with E-state index in [2.05, 4.69) is 21.0 Å². The van der Waals surface area contributed by atoms with Crippen molar-refractivity contribution in [3.63, 3.8) is 0 Å². The van der Waals surface area contributed by atoms with E-state index < -0.39 is 0 Å². The molecule has 3 rings (SSSR count). The Hall–Kier alpha value is -2.50. The van der Waals surface area contributed by atoms with Gasteiger partial charge in [-0.15, -0.1) is 0 Å². The van der Waals surface area contributed by atoms with Crippen LogP contribution in [-0.2, 0) is 0 Å². The minimum Gasteiger partial charge on any atom is -0.337 e. The minimum atomic E-state index is -0.384. The van der Waals surface area contributed by atoms with E-state index in [1.807, 2.05) is 4.90 Å². The summed E-state index contributed by atoms with van der Waals surface area (Å²) in [5.74, 6) is 0.771. The van der Waals surface area contributed by atoms with Crippen molar-refractivity contribution in [2.24, 2.45) is 0 Å². The summed E-state index contributed by atoms with van der Waals surface area (Å²) in [5, 5.41) is 0. The molecule has 6 heteroatoms. The topological polar surface area (TPSA) is 61.9 Å². The minimum absolute atomic E-state index is 0.232. The third kappa shape index (κ3) is 2.99. The molecule has 5 nitrogen and oxygen atoms in total. The van der Waals surface area contributed by atoms with Crippen LogP contribution in [0.15, 0.2) is 35.1 Å². The van der Waals surface area contributed by atoms with E-state index in [1.54, 1.807) is 19.1 Å². The van der Waals surface area contributed by atoms with Crippen LogP contribution < -0.4 is 10.6 Å². The van der Waals surface area contributed by atoms with E-state index >= 15 is 0 Å². The summed E-state index contributed by atoms with van der Waals surface area (Å²) in [7, 11) is 0. The molecule has 0 saturated heterocycles. The number of nitrogens with zero attached hydrogens (tertiary/aromatic N) is 3. The Morgan fingerprint density at radius 2 is 2.00 bits per heavy atom. The van der Waals surface area contributed by atoms with Crippen molar-refractivity contribution in [3.05, 3.63) is 58.0 Å². The highest BCUT2D eigenvalue weighted by molar-refractivity contribution is 5.68. The second-order valence-electron chi connectivity index (χ2n) is 4.97. The van der Waals surface area contributed by atoms with Crippen LogP contribution >= 0.6 is 0 Å². The average molecular weight is 286 g/mol. The number of hydrogen-bond acceptors (Lipinski definition) is 4. The number of H-pyrrole nitrogens is 1. The zero-order valence-corrected chi connectivity index (χ0v) is 11.6. The van der Waals surface area contributed by atoms with E-state index in [-0.39, 0.29) is 11.5 Å². The second-order valence-corrected chi connectivity index (χ2v) is 4.97. The van der Waals surface area contributed by atoms with Crippen molar-refractivity contribution in [2.75, 3.05) is 18.0 Å². The van der Waals surface area contributed by atoms with Crippen LogP contribution in [0.1, 0.15) is 17.8 Å². The Kier molecular flexibility index (Phi) is 3.51. The summed E-state index contributed by atoms with van der Waals surface area (Å²) >= 11 is 0. The number of hydrogen-bond donors (Lipinski definition) is 1. The predicted octanol–water partition coefficient (Wildman–Crippen LogP) is 1.91. The highest BCUT2D eigenvalue weighted by atomic mass is 19.1. The van der Waals surface area contributed by atoms with Gasteiger partial charge in [0, 0.05) is 13.1 Å². The first-order chi connectivity index (χ1) is 10.1. The Bertz CT molecular complexity index is 736. The molecule has 0 unspecified atom stereocenters. The Morgan fingerprint density at radius 1 is 1.24 bits per heavy atom. The maximum Gasteiger partial charge on any atom is 0.349 e. The summed E-state index contributed by atoms with van der Waals surface area (Å²) in [6.45, 7) is 3.10. The zero-order chi connectivity index (χ0) is 14.8. The molecule has 0 spiro atoms. The van der Waals surface area contributed by atoms with Crippen LogP contribution in [0.4, 0.5) is 10.3 Å². The van der Waals surface area contributed by atoms with E-state index in [0.717, 1.165) is 18.5 Å². The predicted molar refractivity (Wildman–Crippen MR) is 78.6 cm³/mol. The van der Waals surface area contributed by atoms with Crippen molar-refractivity contribution in [2.45, 2.75) is 13.3 Å². The van der Waals surface area contributed by atoms with Gasteiger partial charge in [-0.1, -0.05) is 18.2 Å². The average Bonchev–Trinajstić information content (AvgIpc) is 2.47. The van der Waals surface area contributed by atoms with Gasteiger partial charge in [-0.25, -0.2) is 9.18 Å². The fraction of sp³-hybridized carbons (Fsp3) is 0.267. The van der Waals surface area contributed by atoms with Gasteiger partial charge in [-0.05, 0) is 36.6 Å². The molecule has 0 aliphatic carbocycles. The van der Waals surface area contributed by atoms with Gasteiger partial charge >= 0.3 is 5.69 Å². The summed E-state index contributed by atoms with van der Waals surface area (Å²) in [6, 6.07) is 6.49. The third-order valence-electron chi connectivity index (χ3n) is 3.46. The lowest BCUT2D eigenvalue weighted by molar-refractivity contribution is 0.627. The third-order valence-corrected chi connectivity index (χ3v) is 3.46. The van der Waals surface area contributed by atoms with Crippen LogP contribution in [0, 0.1) is 12.7 Å². The number of nitrogens with one attached hydrogen (secondary N) is 1. The molecular weight excluding hydrogens is 271 g/mol. The van der Waals surface area contributed by atoms with Gasteiger partial charge in [0.2, 0.25) is 5.95 Å². The normalized spacial score (nSPS) is 15.0. The fourth-order valence-corrected chi connectivity index (χ4v) is 2.39. The molecule has 2 aromatic rings. The second kappa shape index (κ2) is 5.47. The Labute approximate surface area is 121 Å². The molecule has 1 N–H and O–H groups in total. The maximum absolute atomic E-state index is 12.9. The van der Waals surface area contributed by atoms with E-state index in [9.17, 15) is 9.18 Å². The number of benzene rings is 1. The van der Waals surface area contributed by atoms with Gasteiger partial charge in [-0.2, -0.15) is 9.97 Å². The van der Waals surface area contributed by atoms with Crippen LogP contribution in [-0.4, -0.2) is 28.0 Å². The molecular formula is C15H15FN4O. The lowest BCUT2D eigenvalue weighted by Crippen LogP contribution is -2.32. The van der Waals surface area contributed by atoms with Crippen LogP contribution in [0.3, 0.4) is 0 Å². The van der Waals surface area contributed by atoms with E-state index in [0.29, 0.717) is 18.3 Å². The van der Waals surface area contributed by atoms with Gasteiger partial charge in [0.25, 0.3) is 0 Å². The molecule has 0 bridgehead atoms. The van der Waals surface area contributed by atoms with Gasteiger partial charge in [0.15, 0.2) is 0 Å². The molecule has 1 aromatic carbocycles. The number of anilines is 1. The molecule has 0 fully saturated rings. The summed E-state index contributed by atoms with van der Waals surface area (Å²) in [4.78, 5) is 24.0. The highest BCUT2D eigenvalue weighted by Crippen LogP contribution is 2.23. The molecule has 21 heavy (non-hydrogen) atoms. The number of aryl methyl sites for hydroxylation is 1. The van der Waals surface area contributed by atoms with Gasteiger partial charge < -0.3 is 4.90 Å². The molecule has 0 saturated carbocycles. The van der Waals surface area contributed by atoms with Crippen molar-refractivity contribution < 1.29 is 4.39 Å². The molecule has 2 heterocycles. The number of rotatable bonds is 2. The van der Waals surface area contributed by atoms with E-state index in [4.69, 9.17) is 0 Å². The first-order valence-electron chi connectivity index (χ1n) is 6.77. The molecule has 1 aliphatic rings. The van der Waals surface area contributed by atoms with Crippen LogP contribution in [0.5, 0.6) is 0 Å². The molecule has 0 amide bonds. The fourth-order valence-electron chi connectivity index (χ4n) is 2.39. The van der Waals surface area contributed by atoms with Crippen LogP contribution in [0.2, 0.25) is 0 Å². The summed E-state index contributed by atoms with van der Waals surface area (Å²) < 4.78 is 12.9. The monoisotopic (exact) mass is 286 g/mol. The van der Waals surface area contributed by atoms with Crippen LogP contribution in [0.25, 0.3) is 5.57 Å². The first-order valence-corrected chi connectivity index (χ1v) is 6.77. The van der Waals surface area contributed by atoms with Gasteiger partial charge in [-0.3, -0.25) is 4.98 Å². The lowest BCUT2D eigenvalue weighted by atomic mass is 10.00. The van der Waals surface area contributed by atoms with Gasteiger partial charge in [0.05, 0.1) is 0 Å². The standard InChI is InChI=1S/C15H15FN4O/c1-10-17-14(19-15(21)18-10)20-8-6-12(7-9-20)11-2-4-13(16)5-3-11/h2-6H,7-9H2,1H3,(H,17,18,19,21). The van der Waals surface area contributed by atoms with Crippen molar-refractivity contribution >= 4 is 11.5 Å². The van der Waals surface area contributed by atoms with Crippen molar-refractivity contribution in [1.29, 1.82) is 0 Å². The Morgan fingerprint density at radius 3 is 2.62 bits per heavy atom. The molecule has 108 valence electrons. The summed E-state index contributed by atoms with van der Waals surface area (Å²) in [6.07, 6.45) is 2.87. The Balaban J connectivity index is 1.80. The largest absolute Gasteiger partial charge is 0.349 e. The molecule has 1 aliphatic heterocycles. The van der Waals surface area contributed by atoms with Crippen molar-refractivity contribution in [3.8, 4) is 0 Å². The SMILES string of the molecule is Cc1nc(N2CC=C(c3ccc(F)cc3)CC2)nc(=O)[nH]1. The lowest BCUT2D eigenvalue weighted by Gasteiger charge is -2.26. The summed E-state index contributed by atoms with van der Waals surface area (Å²) in [5.41, 5.74) is 1.82. The molecule has 1 aromatic heterocycles. The number of aromatic nitrogens is 3. The zero-order valence-electron chi connectivity index (χ0n) is 11.6.